The van der Waals surface area contributed by atoms with Crippen molar-refractivity contribution < 1.29 is 9.72 Å². The van der Waals surface area contributed by atoms with Gasteiger partial charge in [0.25, 0.3) is 11.6 Å². The number of non-ortho nitro benzene ring substituents is 1. The predicted octanol–water partition coefficient (Wildman–Crippen LogP) is 5.17. The summed E-state index contributed by atoms with van der Waals surface area (Å²) in [6.45, 7) is 0. The molecular formula is C19H13ClN2O3. The molecule has 0 saturated heterocycles. The average Bonchev–Trinajstić information content (AvgIpc) is 2.64. The molecule has 25 heavy (non-hydrogen) atoms. The number of rotatable bonds is 4. The Morgan fingerprint density at radius 2 is 1.56 bits per heavy atom. The van der Waals surface area contributed by atoms with Crippen LogP contribution in [-0.2, 0) is 0 Å². The van der Waals surface area contributed by atoms with Crippen molar-refractivity contribution in [3.8, 4) is 11.1 Å². The first-order chi connectivity index (χ1) is 12.0. The van der Waals surface area contributed by atoms with Crippen molar-refractivity contribution in [3.63, 3.8) is 0 Å². The fourth-order valence-corrected chi connectivity index (χ4v) is 2.58. The topological polar surface area (TPSA) is 72.2 Å². The third-order valence-electron chi connectivity index (χ3n) is 3.67. The van der Waals surface area contributed by atoms with Crippen LogP contribution in [0.2, 0.25) is 5.02 Å². The van der Waals surface area contributed by atoms with Crippen molar-refractivity contribution in [2.45, 2.75) is 0 Å². The van der Waals surface area contributed by atoms with Crippen LogP contribution in [0.1, 0.15) is 10.4 Å². The molecule has 0 atom stereocenters. The van der Waals surface area contributed by atoms with Crippen molar-refractivity contribution in [2.75, 3.05) is 5.32 Å². The van der Waals surface area contributed by atoms with Gasteiger partial charge in [-0.15, -0.1) is 0 Å². The lowest BCUT2D eigenvalue weighted by molar-refractivity contribution is -0.384. The molecule has 5 nitrogen and oxygen atoms in total. The lowest BCUT2D eigenvalue weighted by Crippen LogP contribution is -2.12. The highest BCUT2D eigenvalue weighted by atomic mass is 35.5. The molecule has 6 heteroatoms. The van der Waals surface area contributed by atoms with Crippen LogP contribution in [0.4, 0.5) is 11.4 Å². The Labute approximate surface area is 149 Å². The van der Waals surface area contributed by atoms with Crippen LogP contribution in [0.15, 0.2) is 72.8 Å². The molecule has 1 N–H and O–H groups in total. The third kappa shape index (κ3) is 3.84. The number of halogens is 1. The quantitative estimate of drug-likeness (QED) is 0.520. The molecule has 3 aromatic rings. The lowest BCUT2D eigenvalue weighted by Gasteiger charge is -2.08. The molecule has 3 aromatic carbocycles. The number of nitro benzene ring substituents is 1. The van der Waals surface area contributed by atoms with Crippen LogP contribution < -0.4 is 5.32 Å². The van der Waals surface area contributed by atoms with Crippen molar-refractivity contribution >= 4 is 28.9 Å². The van der Waals surface area contributed by atoms with E-state index in [9.17, 15) is 14.9 Å². The van der Waals surface area contributed by atoms with Gasteiger partial charge in [-0.25, -0.2) is 0 Å². The minimum atomic E-state index is -0.542. The number of carbonyl (C=O) groups excluding carboxylic acids is 1. The van der Waals surface area contributed by atoms with Crippen LogP contribution >= 0.6 is 11.6 Å². The molecule has 0 bridgehead atoms. The number of benzene rings is 3. The smallest absolute Gasteiger partial charge is 0.271 e. The molecule has 0 heterocycles. The molecule has 0 aromatic heterocycles. The zero-order valence-corrected chi connectivity index (χ0v) is 13.7. The third-order valence-corrected chi connectivity index (χ3v) is 3.98. The summed E-state index contributed by atoms with van der Waals surface area (Å²) in [4.78, 5) is 22.5. The standard InChI is InChI=1S/C19H13ClN2O3/c20-17-12-16(22(24)25)10-11-18(17)21-19(23)15-8-6-14(7-9-15)13-4-2-1-3-5-13/h1-12H,(H,21,23). The van der Waals surface area contributed by atoms with E-state index >= 15 is 0 Å². The second-order valence-corrected chi connectivity index (χ2v) is 5.73. The van der Waals surface area contributed by atoms with E-state index in [1.807, 2.05) is 42.5 Å². The normalized spacial score (nSPS) is 10.3. The maximum Gasteiger partial charge on any atom is 0.271 e. The summed E-state index contributed by atoms with van der Waals surface area (Å²) in [5, 5.41) is 13.5. The molecule has 0 aliphatic rings. The maximum absolute atomic E-state index is 12.3. The Hall–Kier alpha value is -3.18. The molecule has 124 valence electrons. The molecule has 0 aliphatic carbocycles. The Kier molecular flexibility index (Phi) is 4.77. The van der Waals surface area contributed by atoms with Crippen LogP contribution in [0.25, 0.3) is 11.1 Å². The van der Waals surface area contributed by atoms with Crippen molar-refractivity contribution in [1.29, 1.82) is 0 Å². The number of hydrogen-bond acceptors (Lipinski definition) is 3. The minimum Gasteiger partial charge on any atom is -0.321 e. The van der Waals surface area contributed by atoms with Gasteiger partial charge in [0.05, 0.1) is 15.6 Å². The van der Waals surface area contributed by atoms with Gasteiger partial charge in [-0.1, -0.05) is 54.1 Å². The summed E-state index contributed by atoms with van der Waals surface area (Å²) < 4.78 is 0. The van der Waals surface area contributed by atoms with E-state index in [1.165, 1.54) is 18.2 Å². The molecule has 1 amide bonds. The van der Waals surface area contributed by atoms with Gasteiger partial charge >= 0.3 is 0 Å². The summed E-state index contributed by atoms with van der Waals surface area (Å²) in [7, 11) is 0. The second kappa shape index (κ2) is 7.15. The molecule has 0 saturated carbocycles. The zero-order valence-electron chi connectivity index (χ0n) is 13.0. The molecule has 0 aliphatic heterocycles. The van der Waals surface area contributed by atoms with Crippen LogP contribution in [0, 0.1) is 10.1 Å². The van der Waals surface area contributed by atoms with Gasteiger partial charge in [0.15, 0.2) is 0 Å². The van der Waals surface area contributed by atoms with E-state index < -0.39 is 4.92 Å². The monoisotopic (exact) mass is 352 g/mol. The van der Waals surface area contributed by atoms with E-state index in [4.69, 9.17) is 11.6 Å². The number of anilines is 1. The van der Waals surface area contributed by atoms with Gasteiger partial charge in [0.1, 0.15) is 0 Å². The number of nitro groups is 1. The fourth-order valence-electron chi connectivity index (χ4n) is 2.36. The minimum absolute atomic E-state index is 0.114. The molecule has 0 fully saturated rings. The van der Waals surface area contributed by atoms with Gasteiger partial charge in [0.2, 0.25) is 0 Å². The van der Waals surface area contributed by atoms with Crippen LogP contribution in [0.3, 0.4) is 0 Å². The fraction of sp³-hybridized carbons (Fsp3) is 0. The van der Waals surface area contributed by atoms with Gasteiger partial charge in [-0.3, -0.25) is 14.9 Å². The summed E-state index contributed by atoms with van der Waals surface area (Å²) in [5.74, 6) is -0.338. The predicted molar refractivity (Wildman–Crippen MR) is 97.9 cm³/mol. The van der Waals surface area contributed by atoms with E-state index in [0.29, 0.717) is 11.3 Å². The first-order valence-electron chi connectivity index (χ1n) is 7.45. The molecule has 0 unspecified atom stereocenters. The summed E-state index contributed by atoms with van der Waals surface area (Å²) in [6.07, 6.45) is 0. The molecule has 3 rings (SSSR count). The summed E-state index contributed by atoms with van der Waals surface area (Å²) >= 11 is 5.99. The van der Waals surface area contributed by atoms with Gasteiger partial charge in [-0.2, -0.15) is 0 Å². The molecule has 0 spiro atoms. The Balaban J connectivity index is 1.77. The largest absolute Gasteiger partial charge is 0.321 e. The first kappa shape index (κ1) is 16.7. The van der Waals surface area contributed by atoms with E-state index in [-0.39, 0.29) is 16.6 Å². The Morgan fingerprint density at radius 1 is 0.920 bits per heavy atom. The lowest BCUT2D eigenvalue weighted by atomic mass is 10.0. The summed E-state index contributed by atoms with van der Waals surface area (Å²) in [6, 6.07) is 20.9. The van der Waals surface area contributed by atoms with Crippen LogP contribution in [-0.4, -0.2) is 10.8 Å². The number of nitrogens with zero attached hydrogens (tertiary/aromatic N) is 1. The molecule has 0 radical (unpaired) electrons. The van der Waals surface area contributed by atoms with E-state index in [2.05, 4.69) is 5.32 Å². The highest BCUT2D eigenvalue weighted by Crippen LogP contribution is 2.27. The Bertz CT molecular complexity index is 925. The summed E-state index contributed by atoms with van der Waals surface area (Å²) in [5.41, 5.74) is 2.73. The highest BCUT2D eigenvalue weighted by Gasteiger charge is 2.12. The first-order valence-corrected chi connectivity index (χ1v) is 7.83. The second-order valence-electron chi connectivity index (χ2n) is 5.32. The highest BCUT2D eigenvalue weighted by molar-refractivity contribution is 6.34. The van der Waals surface area contributed by atoms with Crippen molar-refractivity contribution in [3.05, 3.63) is 93.5 Å². The van der Waals surface area contributed by atoms with Crippen molar-refractivity contribution in [1.82, 2.24) is 0 Å². The van der Waals surface area contributed by atoms with E-state index in [1.54, 1.807) is 12.1 Å². The number of hydrogen-bond donors (Lipinski definition) is 1. The maximum atomic E-state index is 12.3. The van der Waals surface area contributed by atoms with Gasteiger partial charge in [0, 0.05) is 17.7 Å². The van der Waals surface area contributed by atoms with E-state index in [0.717, 1.165) is 11.1 Å². The molecular weight excluding hydrogens is 340 g/mol. The Morgan fingerprint density at radius 3 is 2.16 bits per heavy atom. The van der Waals surface area contributed by atoms with Crippen LogP contribution in [0.5, 0.6) is 0 Å². The SMILES string of the molecule is O=C(Nc1ccc([N+](=O)[O-])cc1Cl)c1ccc(-c2ccccc2)cc1. The number of amides is 1. The number of nitrogens with one attached hydrogen (secondary N) is 1. The number of carbonyl (C=O) groups is 1. The average molecular weight is 353 g/mol. The zero-order chi connectivity index (χ0) is 17.8. The van der Waals surface area contributed by atoms with Gasteiger partial charge < -0.3 is 5.32 Å². The van der Waals surface area contributed by atoms with Gasteiger partial charge in [-0.05, 0) is 29.3 Å². The van der Waals surface area contributed by atoms with Crippen molar-refractivity contribution in [2.24, 2.45) is 0 Å².